The molecule has 0 saturated carbocycles. The van der Waals surface area contributed by atoms with Gasteiger partial charge < -0.3 is 14.7 Å². The molecule has 0 spiro atoms. The zero-order chi connectivity index (χ0) is 16.2. The first kappa shape index (κ1) is 15.6. The zero-order valence-corrected chi connectivity index (χ0v) is 13.2. The van der Waals surface area contributed by atoms with Crippen LogP contribution in [0.3, 0.4) is 0 Å². The number of ether oxygens (including phenoxy) is 1. The van der Waals surface area contributed by atoms with Crippen LogP contribution in [0.1, 0.15) is 16.7 Å². The van der Waals surface area contributed by atoms with Crippen molar-refractivity contribution >= 4 is 5.91 Å². The van der Waals surface area contributed by atoms with Crippen molar-refractivity contribution in [2.24, 2.45) is 0 Å². The maximum Gasteiger partial charge on any atom is 0.252 e. The van der Waals surface area contributed by atoms with Crippen molar-refractivity contribution in [1.82, 2.24) is 4.90 Å². The van der Waals surface area contributed by atoms with Crippen LogP contribution in [0, 0.1) is 6.92 Å². The van der Waals surface area contributed by atoms with Gasteiger partial charge in [0.25, 0.3) is 5.91 Å². The summed E-state index contributed by atoms with van der Waals surface area (Å²) in [5.74, 6) is 0.579. The first-order chi connectivity index (χ1) is 11.1. The van der Waals surface area contributed by atoms with Gasteiger partial charge in [0.2, 0.25) is 0 Å². The Kier molecular flexibility index (Phi) is 4.63. The molecular weight excluding hydrogens is 290 g/mol. The third-order valence-electron chi connectivity index (χ3n) is 4.06. The van der Waals surface area contributed by atoms with Crippen LogP contribution in [0.4, 0.5) is 0 Å². The highest BCUT2D eigenvalue weighted by Crippen LogP contribution is 2.24. The number of carbonyl (C=O) groups is 1. The lowest BCUT2D eigenvalue weighted by molar-refractivity contribution is -0.140. The third kappa shape index (κ3) is 3.71. The van der Waals surface area contributed by atoms with E-state index < -0.39 is 6.10 Å². The fourth-order valence-corrected chi connectivity index (χ4v) is 2.85. The summed E-state index contributed by atoms with van der Waals surface area (Å²) in [5.41, 5.74) is 3.07. The Balaban J connectivity index is 1.72. The van der Waals surface area contributed by atoms with Gasteiger partial charge in [-0.15, -0.1) is 0 Å². The highest BCUT2D eigenvalue weighted by Gasteiger charge is 2.25. The molecule has 2 aromatic carbocycles. The van der Waals surface area contributed by atoms with Crippen molar-refractivity contribution in [2.75, 3.05) is 13.2 Å². The van der Waals surface area contributed by atoms with Gasteiger partial charge in [0, 0.05) is 18.5 Å². The molecule has 4 heteroatoms. The summed E-state index contributed by atoms with van der Waals surface area (Å²) in [7, 11) is 0. The molecule has 1 aliphatic heterocycles. The van der Waals surface area contributed by atoms with E-state index in [0.29, 0.717) is 26.1 Å². The van der Waals surface area contributed by atoms with Crippen LogP contribution in [-0.2, 0) is 17.8 Å². The van der Waals surface area contributed by atoms with Gasteiger partial charge in [-0.25, -0.2) is 0 Å². The first-order valence-electron chi connectivity index (χ1n) is 7.86. The number of hydrogen-bond acceptors (Lipinski definition) is 3. The molecular formula is C19H21NO3. The van der Waals surface area contributed by atoms with E-state index in [1.165, 1.54) is 0 Å². The van der Waals surface area contributed by atoms with E-state index in [2.05, 4.69) is 0 Å². The van der Waals surface area contributed by atoms with Gasteiger partial charge in [0.15, 0.2) is 0 Å². The second-order valence-corrected chi connectivity index (χ2v) is 5.92. The molecule has 1 amide bonds. The van der Waals surface area contributed by atoms with Gasteiger partial charge >= 0.3 is 0 Å². The van der Waals surface area contributed by atoms with Crippen LogP contribution in [0.2, 0.25) is 0 Å². The van der Waals surface area contributed by atoms with Crippen LogP contribution in [0.15, 0.2) is 48.5 Å². The van der Waals surface area contributed by atoms with E-state index in [-0.39, 0.29) is 5.91 Å². The minimum absolute atomic E-state index is 0.244. The highest BCUT2D eigenvalue weighted by atomic mass is 16.5. The summed E-state index contributed by atoms with van der Waals surface area (Å²) in [6.07, 6.45) is -0.693. The predicted octanol–water partition coefficient (Wildman–Crippen LogP) is 2.32. The number of nitrogens with zero attached hydrogens (tertiary/aromatic N) is 1. The Morgan fingerprint density at radius 1 is 1.26 bits per heavy atom. The van der Waals surface area contributed by atoms with Crippen molar-refractivity contribution in [1.29, 1.82) is 0 Å². The number of aryl methyl sites for hydroxylation is 1. The Morgan fingerprint density at radius 2 is 2.04 bits per heavy atom. The SMILES string of the molecule is Cc1ccc2c(c1)CN(C(=O)[C@@H](O)Cc1ccccc1)CCO2. The molecule has 1 N–H and O–H groups in total. The monoisotopic (exact) mass is 311 g/mol. The molecule has 120 valence electrons. The summed E-state index contributed by atoms with van der Waals surface area (Å²) in [6.45, 7) is 3.42. The van der Waals surface area contributed by atoms with Crippen LogP contribution in [0.25, 0.3) is 0 Å². The molecule has 0 aromatic heterocycles. The average Bonchev–Trinajstić information content (AvgIpc) is 2.76. The number of hydrogen-bond donors (Lipinski definition) is 1. The van der Waals surface area contributed by atoms with E-state index in [1.807, 2.05) is 55.5 Å². The van der Waals surface area contributed by atoms with Crippen molar-refractivity contribution in [3.63, 3.8) is 0 Å². The highest BCUT2D eigenvalue weighted by molar-refractivity contribution is 5.81. The standard InChI is InChI=1S/C19H21NO3/c1-14-7-8-18-16(11-14)13-20(9-10-23-18)19(22)17(21)12-15-5-3-2-4-6-15/h2-8,11,17,21H,9-10,12-13H2,1H3/t17-/m0/s1. The molecule has 1 aliphatic rings. The van der Waals surface area contributed by atoms with E-state index in [4.69, 9.17) is 4.74 Å². The van der Waals surface area contributed by atoms with Crippen LogP contribution < -0.4 is 4.74 Å². The summed E-state index contributed by atoms with van der Waals surface area (Å²) >= 11 is 0. The lowest BCUT2D eigenvalue weighted by Gasteiger charge is -2.23. The molecule has 2 aromatic rings. The van der Waals surface area contributed by atoms with Gasteiger partial charge in [0.1, 0.15) is 18.5 Å². The Labute approximate surface area is 136 Å². The quantitative estimate of drug-likeness (QED) is 0.946. The second-order valence-electron chi connectivity index (χ2n) is 5.92. The van der Waals surface area contributed by atoms with Crippen molar-refractivity contribution in [3.05, 3.63) is 65.2 Å². The minimum atomic E-state index is -1.02. The number of aliphatic hydroxyl groups is 1. The molecule has 4 nitrogen and oxygen atoms in total. The van der Waals surface area contributed by atoms with Gasteiger partial charge in [0.05, 0.1) is 6.54 Å². The average molecular weight is 311 g/mol. The largest absolute Gasteiger partial charge is 0.491 e. The molecule has 1 atom stereocenters. The summed E-state index contributed by atoms with van der Waals surface area (Å²) in [6, 6.07) is 15.5. The molecule has 1 heterocycles. The zero-order valence-electron chi connectivity index (χ0n) is 13.2. The molecule has 23 heavy (non-hydrogen) atoms. The van der Waals surface area contributed by atoms with Crippen molar-refractivity contribution in [3.8, 4) is 5.75 Å². The van der Waals surface area contributed by atoms with E-state index >= 15 is 0 Å². The molecule has 0 aliphatic carbocycles. The fraction of sp³-hybridized carbons (Fsp3) is 0.316. The number of benzene rings is 2. The predicted molar refractivity (Wildman–Crippen MR) is 88.2 cm³/mol. The van der Waals surface area contributed by atoms with Gasteiger partial charge in [-0.05, 0) is 18.6 Å². The molecule has 0 fully saturated rings. The summed E-state index contributed by atoms with van der Waals surface area (Å²) < 4.78 is 5.71. The maximum absolute atomic E-state index is 12.6. The van der Waals surface area contributed by atoms with E-state index in [0.717, 1.165) is 22.4 Å². The number of carbonyl (C=O) groups excluding carboxylic acids is 1. The number of rotatable bonds is 3. The Bertz CT molecular complexity index is 684. The Hall–Kier alpha value is -2.33. The minimum Gasteiger partial charge on any atom is -0.491 e. The fourth-order valence-electron chi connectivity index (χ4n) is 2.85. The summed E-state index contributed by atoms with van der Waals surface area (Å²) in [4.78, 5) is 14.2. The molecule has 0 bridgehead atoms. The smallest absolute Gasteiger partial charge is 0.252 e. The Morgan fingerprint density at radius 3 is 2.83 bits per heavy atom. The number of amides is 1. The van der Waals surface area contributed by atoms with Gasteiger partial charge in [-0.2, -0.15) is 0 Å². The van der Waals surface area contributed by atoms with Gasteiger partial charge in [-0.1, -0.05) is 48.0 Å². The number of aliphatic hydroxyl groups excluding tert-OH is 1. The van der Waals surface area contributed by atoms with E-state index in [9.17, 15) is 9.90 Å². The third-order valence-corrected chi connectivity index (χ3v) is 4.06. The van der Waals surface area contributed by atoms with E-state index in [1.54, 1.807) is 4.90 Å². The van der Waals surface area contributed by atoms with Crippen LogP contribution >= 0.6 is 0 Å². The van der Waals surface area contributed by atoms with Gasteiger partial charge in [-0.3, -0.25) is 4.79 Å². The summed E-state index contributed by atoms with van der Waals surface area (Å²) in [5, 5.41) is 10.3. The van der Waals surface area contributed by atoms with Crippen molar-refractivity contribution < 1.29 is 14.6 Å². The lowest BCUT2D eigenvalue weighted by atomic mass is 10.1. The topological polar surface area (TPSA) is 49.8 Å². The molecule has 0 radical (unpaired) electrons. The second kappa shape index (κ2) is 6.84. The lowest BCUT2D eigenvalue weighted by Crippen LogP contribution is -2.40. The van der Waals surface area contributed by atoms with Crippen molar-refractivity contribution in [2.45, 2.75) is 26.0 Å². The molecule has 0 unspecified atom stereocenters. The molecule has 3 rings (SSSR count). The first-order valence-corrected chi connectivity index (χ1v) is 7.86. The van der Waals surface area contributed by atoms with Crippen LogP contribution in [0.5, 0.6) is 5.75 Å². The van der Waals surface area contributed by atoms with Crippen LogP contribution in [-0.4, -0.2) is 35.2 Å². The number of fused-ring (bicyclic) bond motifs is 1. The maximum atomic E-state index is 12.6. The molecule has 0 saturated heterocycles. The normalized spacial score (nSPS) is 15.3.